The zero-order valence-electron chi connectivity index (χ0n) is 12.4. The van der Waals surface area contributed by atoms with Crippen molar-refractivity contribution in [2.45, 2.75) is 38.0 Å². The van der Waals surface area contributed by atoms with Crippen LogP contribution in [0.1, 0.15) is 19.8 Å². The van der Waals surface area contributed by atoms with Crippen molar-refractivity contribution in [2.24, 2.45) is 5.92 Å². The van der Waals surface area contributed by atoms with Crippen molar-refractivity contribution in [3.63, 3.8) is 0 Å². The standard InChI is InChI=1S/C14H20N2O5/c1-7(17)11-9-6-8(10-4-5-16(2,3)21-10)12(14(19)20)15(9)13(11)18/h7,9-11,17H,4-6H2,1-3H3/t7-,9-,10+,11-/m1/s1. The summed E-state index contributed by atoms with van der Waals surface area (Å²) in [7, 11) is 3.82. The molecule has 7 heteroatoms. The molecule has 3 aliphatic heterocycles. The number of aliphatic hydroxyl groups is 1. The van der Waals surface area contributed by atoms with Crippen molar-refractivity contribution in [3.8, 4) is 0 Å². The molecule has 1 N–H and O–H groups in total. The van der Waals surface area contributed by atoms with Crippen molar-refractivity contribution in [2.75, 3.05) is 20.6 Å². The van der Waals surface area contributed by atoms with Gasteiger partial charge in [0, 0.05) is 6.42 Å². The number of fused-ring (bicyclic) bond motifs is 1. The fourth-order valence-corrected chi connectivity index (χ4v) is 3.70. The summed E-state index contributed by atoms with van der Waals surface area (Å²) in [5.41, 5.74) is 0.578. The number of hydrogen-bond acceptors (Lipinski definition) is 5. The summed E-state index contributed by atoms with van der Waals surface area (Å²) in [6, 6.07) is -0.278. The van der Waals surface area contributed by atoms with Crippen LogP contribution >= 0.6 is 0 Å². The number of rotatable bonds is 3. The van der Waals surface area contributed by atoms with Crippen LogP contribution in [0.15, 0.2) is 11.3 Å². The Hall–Kier alpha value is -1.44. The Morgan fingerprint density at radius 1 is 1.52 bits per heavy atom. The molecule has 0 radical (unpaired) electrons. The fourth-order valence-electron chi connectivity index (χ4n) is 3.70. The molecule has 0 aliphatic carbocycles. The molecule has 3 heterocycles. The number of aliphatic hydroxyl groups excluding tert-OH is 1. The number of hydrogen-bond donors (Lipinski definition) is 1. The van der Waals surface area contributed by atoms with E-state index in [0.717, 1.165) is 6.54 Å². The van der Waals surface area contributed by atoms with E-state index < -0.39 is 18.0 Å². The number of nitrogens with zero attached hydrogens (tertiary/aromatic N) is 2. The highest BCUT2D eigenvalue weighted by Crippen LogP contribution is 2.46. The summed E-state index contributed by atoms with van der Waals surface area (Å²) in [5.74, 6) is -2.21. The first-order valence-electron chi connectivity index (χ1n) is 7.20. The lowest BCUT2D eigenvalue weighted by molar-refractivity contribution is -1.06. The first kappa shape index (κ1) is 14.5. The number of carbonyl (C=O) groups is 2. The Balaban J connectivity index is 1.90. The second-order valence-electron chi connectivity index (χ2n) is 6.59. The van der Waals surface area contributed by atoms with Gasteiger partial charge in [-0.25, -0.2) is 0 Å². The second-order valence-corrected chi connectivity index (χ2v) is 6.59. The van der Waals surface area contributed by atoms with E-state index in [1.54, 1.807) is 6.92 Å². The minimum Gasteiger partial charge on any atom is -0.543 e. The van der Waals surface area contributed by atoms with Gasteiger partial charge in [-0.2, -0.15) is 9.48 Å². The van der Waals surface area contributed by atoms with Crippen molar-refractivity contribution in [3.05, 3.63) is 11.3 Å². The summed E-state index contributed by atoms with van der Waals surface area (Å²) in [5, 5.41) is 21.1. The molecule has 0 spiro atoms. The summed E-state index contributed by atoms with van der Waals surface area (Å²) in [6.45, 7) is 2.34. The number of carboxylic acids is 1. The van der Waals surface area contributed by atoms with Gasteiger partial charge in [-0.3, -0.25) is 4.79 Å². The van der Waals surface area contributed by atoms with Crippen molar-refractivity contribution >= 4 is 11.9 Å². The normalized spacial score (nSPS) is 35.7. The molecule has 1 amide bonds. The number of carboxylic acid groups (broad SMARTS) is 1. The minimum absolute atomic E-state index is 0.0474. The molecule has 3 rings (SSSR count). The van der Waals surface area contributed by atoms with Crippen LogP contribution in [-0.2, 0) is 14.4 Å². The molecular weight excluding hydrogens is 276 g/mol. The average molecular weight is 296 g/mol. The summed E-state index contributed by atoms with van der Waals surface area (Å²) in [6.07, 6.45) is 0.0708. The number of β-lactam (4-membered cyclic amide) rings is 1. The second kappa shape index (κ2) is 4.53. The number of quaternary nitrogens is 1. The molecule has 0 bridgehead atoms. The summed E-state index contributed by atoms with van der Waals surface area (Å²) >= 11 is 0. The molecule has 0 aromatic rings. The van der Waals surface area contributed by atoms with Crippen molar-refractivity contribution in [1.29, 1.82) is 0 Å². The van der Waals surface area contributed by atoms with Gasteiger partial charge >= 0.3 is 0 Å². The molecule has 21 heavy (non-hydrogen) atoms. The molecule has 2 saturated heterocycles. The van der Waals surface area contributed by atoms with E-state index in [1.807, 2.05) is 14.1 Å². The molecule has 3 aliphatic rings. The van der Waals surface area contributed by atoms with E-state index in [0.29, 0.717) is 23.1 Å². The van der Waals surface area contributed by atoms with E-state index in [-0.39, 0.29) is 23.8 Å². The van der Waals surface area contributed by atoms with Crippen LogP contribution in [0.5, 0.6) is 0 Å². The first-order valence-corrected chi connectivity index (χ1v) is 7.20. The lowest BCUT2D eigenvalue weighted by Gasteiger charge is -2.45. The van der Waals surface area contributed by atoms with Gasteiger partial charge in [0.15, 0.2) is 0 Å². The monoisotopic (exact) mass is 296 g/mol. The number of amides is 1. The number of hydroxylamine groups is 3. The zero-order chi connectivity index (χ0) is 15.5. The predicted molar refractivity (Wildman–Crippen MR) is 68.9 cm³/mol. The maximum absolute atomic E-state index is 12.1. The van der Waals surface area contributed by atoms with Gasteiger partial charge in [0.1, 0.15) is 12.6 Å². The number of carbonyl (C=O) groups excluding carboxylic acids is 2. The van der Waals surface area contributed by atoms with E-state index in [4.69, 9.17) is 4.84 Å². The summed E-state index contributed by atoms with van der Waals surface area (Å²) in [4.78, 5) is 30.7. The highest BCUT2D eigenvalue weighted by Gasteiger charge is 2.57. The Bertz CT molecular complexity index is 539. The Morgan fingerprint density at radius 2 is 2.19 bits per heavy atom. The first-order chi connectivity index (χ1) is 9.73. The Labute approximate surface area is 122 Å². The maximum atomic E-state index is 12.1. The van der Waals surface area contributed by atoms with Crippen LogP contribution in [-0.4, -0.2) is 65.4 Å². The molecule has 116 valence electrons. The Morgan fingerprint density at radius 3 is 2.67 bits per heavy atom. The van der Waals surface area contributed by atoms with Crippen LogP contribution in [0.2, 0.25) is 0 Å². The van der Waals surface area contributed by atoms with Gasteiger partial charge in [-0.15, -0.1) is 0 Å². The van der Waals surface area contributed by atoms with Gasteiger partial charge < -0.3 is 19.9 Å². The van der Waals surface area contributed by atoms with E-state index in [2.05, 4.69) is 0 Å². The molecular formula is C14H20N2O5. The lowest BCUT2D eigenvalue weighted by atomic mass is 9.82. The molecule has 0 unspecified atom stereocenters. The molecule has 2 fully saturated rings. The van der Waals surface area contributed by atoms with Gasteiger partial charge in [-0.1, -0.05) is 0 Å². The van der Waals surface area contributed by atoms with Crippen LogP contribution in [0.4, 0.5) is 0 Å². The van der Waals surface area contributed by atoms with E-state index in [1.165, 1.54) is 4.90 Å². The van der Waals surface area contributed by atoms with E-state index in [9.17, 15) is 19.8 Å². The largest absolute Gasteiger partial charge is 0.543 e. The minimum atomic E-state index is -1.34. The highest BCUT2D eigenvalue weighted by molar-refractivity contribution is 5.99. The third-order valence-electron chi connectivity index (χ3n) is 4.69. The van der Waals surface area contributed by atoms with E-state index >= 15 is 0 Å². The van der Waals surface area contributed by atoms with Crippen LogP contribution in [0, 0.1) is 5.92 Å². The average Bonchev–Trinajstić information content (AvgIpc) is 2.86. The highest BCUT2D eigenvalue weighted by atomic mass is 16.7. The SMILES string of the molecule is C[C@@H](O)[C@H]1C(=O)N2C(C(=O)[O-])=C([C@@H]3CC[N+](C)(C)O3)C[C@H]12. The van der Waals surface area contributed by atoms with Crippen LogP contribution in [0.3, 0.4) is 0 Å². The molecule has 0 aromatic heterocycles. The van der Waals surface area contributed by atoms with Gasteiger partial charge in [-0.05, 0) is 18.9 Å². The van der Waals surface area contributed by atoms with Crippen molar-refractivity contribution in [1.82, 2.24) is 4.90 Å². The molecule has 0 saturated carbocycles. The number of aliphatic carboxylic acids is 1. The van der Waals surface area contributed by atoms with Gasteiger partial charge in [0.05, 0.1) is 43.8 Å². The Kier molecular flexibility index (Phi) is 3.12. The van der Waals surface area contributed by atoms with Crippen LogP contribution in [0.25, 0.3) is 0 Å². The topological polar surface area (TPSA) is 89.9 Å². The molecule has 4 atom stereocenters. The quantitative estimate of drug-likeness (QED) is 0.499. The zero-order valence-corrected chi connectivity index (χ0v) is 12.4. The van der Waals surface area contributed by atoms with Crippen molar-refractivity contribution < 1.29 is 29.3 Å². The fraction of sp³-hybridized carbons (Fsp3) is 0.714. The maximum Gasteiger partial charge on any atom is 0.235 e. The smallest absolute Gasteiger partial charge is 0.235 e. The van der Waals surface area contributed by atoms with Crippen LogP contribution < -0.4 is 5.11 Å². The third kappa shape index (κ3) is 2.07. The molecule has 7 nitrogen and oxygen atoms in total. The summed E-state index contributed by atoms with van der Waals surface area (Å²) < 4.78 is 0.368. The lowest BCUT2D eigenvalue weighted by Crippen LogP contribution is -2.62. The predicted octanol–water partition coefficient (Wildman–Crippen LogP) is -1.62. The molecule has 0 aromatic carbocycles. The van der Waals surface area contributed by atoms with Gasteiger partial charge in [0.2, 0.25) is 5.91 Å². The van der Waals surface area contributed by atoms with Gasteiger partial charge in [0.25, 0.3) is 0 Å². The third-order valence-corrected chi connectivity index (χ3v) is 4.69.